The Morgan fingerprint density at radius 1 is 2.00 bits per heavy atom. The van der Waals surface area contributed by atoms with Crippen molar-refractivity contribution in [2.24, 2.45) is 5.73 Å². The SMILES string of the molecule is [NH]CC(N)C(=O)O. The van der Waals surface area contributed by atoms with Gasteiger partial charge >= 0.3 is 5.97 Å². The van der Waals surface area contributed by atoms with Gasteiger partial charge in [-0.3, -0.25) is 10.5 Å². The molecule has 1 atom stereocenters. The molecule has 0 rings (SSSR count). The van der Waals surface area contributed by atoms with Crippen LogP contribution in [0.4, 0.5) is 0 Å². The average molecular weight is 103 g/mol. The van der Waals surface area contributed by atoms with Crippen molar-refractivity contribution >= 4 is 5.97 Å². The highest BCUT2D eigenvalue weighted by Crippen LogP contribution is 1.70. The zero-order valence-corrected chi connectivity index (χ0v) is 3.72. The molecule has 0 aliphatic rings. The fraction of sp³-hybridized carbons (Fsp3) is 0.667. The molecular formula is C3H7N2O2. The van der Waals surface area contributed by atoms with Crippen LogP contribution in [0.3, 0.4) is 0 Å². The van der Waals surface area contributed by atoms with Gasteiger partial charge in [-0.05, 0) is 0 Å². The molecule has 0 spiro atoms. The average Bonchev–Trinajstić information content (AvgIpc) is 1.65. The zero-order valence-electron chi connectivity index (χ0n) is 3.72. The Balaban J connectivity index is 3.34. The van der Waals surface area contributed by atoms with E-state index in [-0.39, 0.29) is 6.54 Å². The van der Waals surface area contributed by atoms with Crippen LogP contribution in [0.1, 0.15) is 0 Å². The van der Waals surface area contributed by atoms with Gasteiger partial charge in [0.2, 0.25) is 0 Å². The summed E-state index contributed by atoms with van der Waals surface area (Å²) in [6, 6.07) is -1.01. The Morgan fingerprint density at radius 2 is 2.43 bits per heavy atom. The molecular weight excluding hydrogens is 96.0 g/mol. The second-order valence-corrected chi connectivity index (χ2v) is 1.15. The van der Waals surface area contributed by atoms with Crippen molar-refractivity contribution < 1.29 is 9.90 Å². The van der Waals surface area contributed by atoms with Crippen LogP contribution in [0.15, 0.2) is 0 Å². The predicted molar refractivity (Wildman–Crippen MR) is 23.6 cm³/mol. The Kier molecular flexibility index (Phi) is 2.32. The summed E-state index contributed by atoms with van der Waals surface area (Å²) in [4.78, 5) is 9.69. The maximum absolute atomic E-state index is 9.69. The van der Waals surface area contributed by atoms with E-state index in [0.29, 0.717) is 0 Å². The molecule has 0 bridgehead atoms. The number of carboxylic acids is 1. The van der Waals surface area contributed by atoms with Gasteiger partial charge in [-0.1, -0.05) is 0 Å². The van der Waals surface area contributed by atoms with E-state index in [1.54, 1.807) is 0 Å². The molecule has 0 aromatic rings. The minimum Gasteiger partial charge on any atom is -0.480 e. The van der Waals surface area contributed by atoms with Crippen molar-refractivity contribution in [3.63, 3.8) is 0 Å². The summed E-state index contributed by atoms with van der Waals surface area (Å²) >= 11 is 0. The number of carbonyl (C=O) groups is 1. The van der Waals surface area contributed by atoms with Gasteiger partial charge in [-0.15, -0.1) is 0 Å². The van der Waals surface area contributed by atoms with E-state index in [1.165, 1.54) is 0 Å². The molecule has 41 valence electrons. The molecule has 0 fully saturated rings. The second kappa shape index (κ2) is 2.54. The predicted octanol–water partition coefficient (Wildman–Crippen LogP) is -1.32. The van der Waals surface area contributed by atoms with Gasteiger partial charge in [0.15, 0.2) is 0 Å². The van der Waals surface area contributed by atoms with Crippen LogP contribution in [0.25, 0.3) is 0 Å². The molecule has 0 aliphatic carbocycles. The van der Waals surface area contributed by atoms with E-state index < -0.39 is 12.0 Å². The van der Waals surface area contributed by atoms with E-state index in [4.69, 9.17) is 16.6 Å². The van der Waals surface area contributed by atoms with E-state index in [9.17, 15) is 4.79 Å². The smallest absolute Gasteiger partial charge is 0.321 e. The maximum Gasteiger partial charge on any atom is 0.321 e. The lowest BCUT2D eigenvalue weighted by atomic mass is 10.3. The molecule has 4 heteroatoms. The Labute approximate surface area is 41.1 Å². The van der Waals surface area contributed by atoms with Crippen LogP contribution in [0.5, 0.6) is 0 Å². The van der Waals surface area contributed by atoms with E-state index in [2.05, 4.69) is 0 Å². The number of hydrogen-bond donors (Lipinski definition) is 2. The van der Waals surface area contributed by atoms with Crippen LogP contribution >= 0.6 is 0 Å². The minimum atomic E-state index is -1.12. The van der Waals surface area contributed by atoms with Crippen molar-refractivity contribution in [3.8, 4) is 0 Å². The summed E-state index contributed by atoms with van der Waals surface area (Å²) in [5.74, 6) is -1.12. The molecule has 0 aromatic carbocycles. The van der Waals surface area contributed by atoms with Gasteiger partial charge < -0.3 is 10.8 Å². The molecule has 4 N–H and O–H groups in total. The Bertz CT molecular complexity index is 73.3. The van der Waals surface area contributed by atoms with Crippen molar-refractivity contribution in [1.29, 1.82) is 0 Å². The highest BCUT2D eigenvalue weighted by Gasteiger charge is 2.06. The number of rotatable bonds is 2. The molecule has 1 unspecified atom stereocenters. The Hall–Kier alpha value is -0.610. The summed E-state index contributed by atoms with van der Waals surface area (Å²) < 4.78 is 0. The summed E-state index contributed by atoms with van der Waals surface area (Å²) in [6.07, 6.45) is 0. The van der Waals surface area contributed by atoms with E-state index in [0.717, 1.165) is 0 Å². The first-order valence-electron chi connectivity index (χ1n) is 1.81. The summed E-state index contributed by atoms with van der Waals surface area (Å²) in [7, 11) is 0. The quantitative estimate of drug-likeness (QED) is 0.454. The van der Waals surface area contributed by atoms with E-state index >= 15 is 0 Å². The number of aliphatic carboxylic acids is 1. The molecule has 0 saturated heterocycles. The molecule has 0 aliphatic heterocycles. The number of hydrogen-bond acceptors (Lipinski definition) is 2. The third-order valence-electron chi connectivity index (χ3n) is 0.537. The first-order chi connectivity index (χ1) is 3.18. The van der Waals surface area contributed by atoms with Gasteiger partial charge in [0.25, 0.3) is 0 Å². The fourth-order valence-electron chi connectivity index (χ4n) is 0.0873. The van der Waals surface area contributed by atoms with Crippen LogP contribution < -0.4 is 11.5 Å². The largest absolute Gasteiger partial charge is 0.480 e. The van der Waals surface area contributed by atoms with Crippen LogP contribution in [-0.2, 0) is 4.79 Å². The summed E-state index contributed by atoms with van der Waals surface area (Å²) in [5, 5.41) is 7.94. The number of nitrogens with two attached hydrogens (primary N) is 1. The summed E-state index contributed by atoms with van der Waals surface area (Å²) in [5.41, 5.74) is 11.3. The van der Waals surface area contributed by atoms with Crippen LogP contribution in [-0.4, -0.2) is 23.7 Å². The molecule has 7 heavy (non-hydrogen) atoms. The maximum atomic E-state index is 9.69. The second-order valence-electron chi connectivity index (χ2n) is 1.15. The third kappa shape index (κ3) is 2.13. The van der Waals surface area contributed by atoms with Gasteiger partial charge in [-0.2, -0.15) is 0 Å². The van der Waals surface area contributed by atoms with Gasteiger partial charge in [-0.25, -0.2) is 0 Å². The van der Waals surface area contributed by atoms with Crippen LogP contribution in [0, 0.1) is 0 Å². The van der Waals surface area contributed by atoms with Gasteiger partial charge in [0, 0.05) is 6.54 Å². The van der Waals surface area contributed by atoms with Crippen molar-refractivity contribution in [1.82, 2.24) is 5.73 Å². The molecule has 0 saturated carbocycles. The van der Waals surface area contributed by atoms with Crippen LogP contribution in [0.2, 0.25) is 0 Å². The van der Waals surface area contributed by atoms with Gasteiger partial charge in [0.1, 0.15) is 6.04 Å². The fourth-order valence-corrected chi connectivity index (χ4v) is 0.0873. The molecule has 0 amide bonds. The minimum absolute atomic E-state index is 0.255. The van der Waals surface area contributed by atoms with Gasteiger partial charge in [0.05, 0.1) is 0 Å². The lowest BCUT2D eigenvalue weighted by Gasteiger charge is -1.96. The first kappa shape index (κ1) is 6.39. The normalized spacial score (nSPS) is 13.4. The lowest BCUT2D eigenvalue weighted by Crippen LogP contribution is -2.34. The summed E-state index contributed by atoms with van der Waals surface area (Å²) in [6.45, 7) is -0.255. The van der Waals surface area contributed by atoms with Crippen molar-refractivity contribution in [2.75, 3.05) is 6.54 Å². The Morgan fingerprint density at radius 3 is 2.43 bits per heavy atom. The monoisotopic (exact) mass is 103 g/mol. The van der Waals surface area contributed by atoms with E-state index in [1.807, 2.05) is 0 Å². The number of nitrogens with one attached hydrogen (secondary N) is 1. The first-order valence-corrected chi connectivity index (χ1v) is 1.81. The molecule has 4 nitrogen and oxygen atoms in total. The molecule has 1 radical (unpaired) electrons. The third-order valence-corrected chi connectivity index (χ3v) is 0.537. The standard InChI is InChI=1S/C3H7N2O2/c4-1-2(5)3(6)7/h2,4H,1,5H2,(H,6,7). The topological polar surface area (TPSA) is 87.1 Å². The number of carboxylic acid groups (broad SMARTS) is 1. The van der Waals surface area contributed by atoms with Crippen molar-refractivity contribution in [2.45, 2.75) is 6.04 Å². The highest BCUT2D eigenvalue weighted by molar-refractivity contribution is 5.73. The zero-order chi connectivity index (χ0) is 5.86. The van der Waals surface area contributed by atoms with Crippen molar-refractivity contribution in [3.05, 3.63) is 0 Å². The highest BCUT2D eigenvalue weighted by atomic mass is 16.4. The lowest BCUT2D eigenvalue weighted by molar-refractivity contribution is -0.138. The molecule has 0 heterocycles. The molecule has 0 aromatic heterocycles.